The van der Waals surface area contributed by atoms with Crippen LogP contribution in [0.4, 0.5) is 0 Å². The van der Waals surface area contributed by atoms with Crippen LogP contribution in [0.5, 0.6) is 0 Å². The second-order valence-electron chi connectivity index (χ2n) is 6.19. The van der Waals surface area contributed by atoms with Crippen molar-refractivity contribution in [3.8, 4) is 0 Å². The second-order valence-corrected chi connectivity index (χ2v) is 6.63. The Morgan fingerprint density at radius 2 is 1.75 bits per heavy atom. The number of nitrogens with zero attached hydrogens (tertiary/aromatic N) is 2. The average molecular weight is 399 g/mol. The van der Waals surface area contributed by atoms with Crippen molar-refractivity contribution in [1.29, 1.82) is 0 Å². The summed E-state index contributed by atoms with van der Waals surface area (Å²) in [7, 11) is 0. The zero-order valence-corrected chi connectivity index (χ0v) is 16.0. The Hall–Kier alpha value is -3.19. The summed E-state index contributed by atoms with van der Waals surface area (Å²) in [6, 6.07) is 13.1. The van der Waals surface area contributed by atoms with E-state index in [2.05, 4.69) is 16.0 Å². The molecule has 0 aliphatic heterocycles. The van der Waals surface area contributed by atoms with Crippen molar-refractivity contribution >= 4 is 34.2 Å². The molecule has 0 atom stereocenters. The lowest BCUT2D eigenvalue weighted by Gasteiger charge is -2.12. The molecule has 3 aromatic rings. The predicted octanol–water partition coefficient (Wildman–Crippen LogP) is 2.92. The highest BCUT2D eigenvalue weighted by Crippen LogP contribution is 2.14. The van der Waals surface area contributed by atoms with Gasteiger partial charge < -0.3 is 0 Å². The van der Waals surface area contributed by atoms with Crippen molar-refractivity contribution in [1.82, 2.24) is 20.6 Å². The third kappa shape index (κ3) is 4.20. The minimum absolute atomic E-state index is 0.0673. The fourth-order valence-electron chi connectivity index (χ4n) is 2.74. The third-order valence-electron chi connectivity index (χ3n) is 4.18. The zero-order valence-electron chi connectivity index (χ0n) is 15.2. The highest BCUT2D eigenvalue weighted by molar-refractivity contribution is 6.31. The molecule has 28 heavy (non-hydrogen) atoms. The molecular weight excluding hydrogens is 380 g/mol. The van der Waals surface area contributed by atoms with E-state index < -0.39 is 11.8 Å². The number of nitrogens with one attached hydrogen (secondary N) is 2. The van der Waals surface area contributed by atoms with Crippen molar-refractivity contribution < 1.29 is 9.59 Å². The number of rotatable bonds is 5. The number of carbonyl (C=O) groups is 2. The number of hydrazine groups is 1. The van der Waals surface area contributed by atoms with Gasteiger partial charge in [-0.3, -0.25) is 25.2 Å². The van der Waals surface area contributed by atoms with E-state index in [4.69, 9.17) is 11.6 Å². The lowest BCUT2D eigenvalue weighted by Crippen LogP contribution is -2.42. The van der Waals surface area contributed by atoms with Gasteiger partial charge in [0.15, 0.2) is 5.69 Å². The summed E-state index contributed by atoms with van der Waals surface area (Å²) in [5, 5.41) is 5.46. The first-order chi connectivity index (χ1) is 13.5. The molecule has 0 bridgehead atoms. The van der Waals surface area contributed by atoms with Crippen LogP contribution < -0.4 is 16.4 Å². The van der Waals surface area contributed by atoms with Gasteiger partial charge in [-0.2, -0.15) is 5.10 Å². The average Bonchev–Trinajstić information content (AvgIpc) is 2.71. The number of fused-ring (bicyclic) bond motifs is 1. The fraction of sp³-hybridized carbons (Fsp3) is 0.200. The molecule has 0 aliphatic carbocycles. The van der Waals surface area contributed by atoms with Crippen LogP contribution in [0.1, 0.15) is 40.6 Å². The summed E-state index contributed by atoms with van der Waals surface area (Å²) < 4.78 is 1.29. The summed E-state index contributed by atoms with van der Waals surface area (Å²) in [6.45, 7) is 2.42. The minimum Gasteiger partial charge on any atom is -0.267 e. The molecule has 8 heteroatoms. The van der Waals surface area contributed by atoms with Crippen LogP contribution in [0.25, 0.3) is 10.8 Å². The van der Waals surface area contributed by atoms with Crippen molar-refractivity contribution in [2.75, 3.05) is 0 Å². The molecular formula is C20H19ClN4O3. The van der Waals surface area contributed by atoms with Crippen LogP contribution in [0.3, 0.4) is 0 Å². The van der Waals surface area contributed by atoms with Gasteiger partial charge in [-0.25, -0.2) is 4.68 Å². The van der Waals surface area contributed by atoms with Gasteiger partial charge in [0.1, 0.15) is 0 Å². The summed E-state index contributed by atoms with van der Waals surface area (Å²) in [5.74, 6) is -1.13. The molecule has 0 aliphatic rings. The topological polar surface area (TPSA) is 93.1 Å². The van der Waals surface area contributed by atoms with Crippen LogP contribution in [0.2, 0.25) is 5.02 Å². The molecule has 3 rings (SSSR count). The number of carbonyl (C=O) groups excluding carboxylic acids is 2. The van der Waals surface area contributed by atoms with Gasteiger partial charge in [-0.1, -0.05) is 49.2 Å². The quantitative estimate of drug-likeness (QED) is 0.646. The van der Waals surface area contributed by atoms with Crippen LogP contribution in [-0.2, 0) is 6.54 Å². The fourth-order valence-corrected chi connectivity index (χ4v) is 2.93. The van der Waals surface area contributed by atoms with Crippen molar-refractivity contribution in [3.05, 3.63) is 75.2 Å². The standard InChI is InChI=1S/C20H19ClN4O3/c1-2-3-11-25-20(28)16-10-5-4-9-15(16)17(24-25)19(27)23-22-18(26)13-7-6-8-14(21)12-13/h4-10,12H,2-3,11H2,1H3,(H,22,26)(H,23,27). The van der Waals surface area contributed by atoms with Crippen molar-refractivity contribution in [2.24, 2.45) is 0 Å². The number of hydrogen-bond acceptors (Lipinski definition) is 4. The molecule has 1 aromatic heterocycles. The molecule has 0 radical (unpaired) electrons. The smallest absolute Gasteiger partial charge is 0.267 e. The first-order valence-corrected chi connectivity index (χ1v) is 9.25. The van der Waals surface area contributed by atoms with Gasteiger partial charge in [0.05, 0.1) is 5.39 Å². The molecule has 2 amide bonds. The maximum absolute atomic E-state index is 12.7. The molecule has 144 valence electrons. The zero-order chi connectivity index (χ0) is 20.1. The van der Waals surface area contributed by atoms with Crippen LogP contribution in [-0.4, -0.2) is 21.6 Å². The highest BCUT2D eigenvalue weighted by atomic mass is 35.5. The maximum Gasteiger partial charge on any atom is 0.290 e. The van der Waals surface area contributed by atoms with Crippen molar-refractivity contribution in [2.45, 2.75) is 26.3 Å². The number of unbranched alkanes of at least 4 members (excludes halogenated alkanes) is 1. The van der Waals surface area contributed by atoms with E-state index >= 15 is 0 Å². The van der Waals surface area contributed by atoms with E-state index in [1.807, 2.05) is 6.92 Å². The van der Waals surface area contributed by atoms with Gasteiger partial charge in [0, 0.05) is 22.5 Å². The first-order valence-electron chi connectivity index (χ1n) is 8.87. The van der Waals surface area contributed by atoms with Gasteiger partial charge >= 0.3 is 0 Å². The molecule has 0 spiro atoms. The Morgan fingerprint density at radius 1 is 1.04 bits per heavy atom. The van der Waals surface area contributed by atoms with Crippen LogP contribution in [0, 0.1) is 0 Å². The highest BCUT2D eigenvalue weighted by Gasteiger charge is 2.17. The van der Waals surface area contributed by atoms with E-state index in [-0.39, 0.29) is 11.3 Å². The van der Waals surface area contributed by atoms with Gasteiger partial charge in [0.2, 0.25) is 0 Å². The number of aromatic nitrogens is 2. The van der Waals surface area contributed by atoms with Crippen LogP contribution in [0.15, 0.2) is 53.3 Å². The molecule has 0 saturated carbocycles. The molecule has 0 fully saturated rings. The van der Waals surface area contributed by atoms with Gasteiger partial charge in [0.25, 0.3) is 17.4 Å². The van der Waals surface area contributed by atoms with E-state index in [9.17, 15) is 14.4 Å². The largest absolute Gasteiger partial charge is 0.290 e. The Bertz CT molecular complexity index is 1090. The second kappa shape index (κ2) is 8.67. The lowest BCUT2D eigenvalue weighted by atomic mass is 10.1. The third-order valence-corrected chi connectivity index (χ3v) is 4.42. The van der Waals surface area contributed by atoms with E-state index in [1.54, 1.807) is 42.5 Å². The number of halogens is 1. The summed E-state index contributed by atoms with van der Waals surface area (Å²) in [4.78, 5) is 37.4. The molecule has 0 saturated heterocycles. The summed E-state index contributed by atoms with van der Waals surface area (Å²) >= 11 is 5.88. The Labute approximate surface area is 166 Å². The predicted molar refractivity (Wildman–Crippen MR) is 107 cm³/mol. The number of benzene rings is 2. The normalized spacial score (nSPS) is 10.6. The Morgan fingerprint density at radius 3 is 2.46 bits per heavy atom. The van der Waals surface area contributed by atoms with Crippen LogP contribution >= 0.6 is 11.6 Å². The van der Waals surface area contributed by atoms with Gasteiger partial charge in [-0.05, 0) is 30.7 Å². The number of amides is 2. The van der Waals surface area contributed by atoms with E-state index in [0.29, 0.717) is 27.9 Å². The monoisotopic (exact) mass is 398 g/mol. The molecule has 7 nitrogen and oxygen atoms in total. The molecule has 2 N–H and O–H groups in total. The van der Waals surface area contributed by atoms with E-state index in [0.717, 1.165) is 12.8 Å². The number of hydrogen-bond donors (Lipinski definition) is 2. The Balaban J connectivity index is 1.87. The van der Waals surface area contributed by atoms with Crippen molar-refractivity contribution in [3.63, 3.8) is 0 Å². The van der Waals surface area contributed by atoms with Gasteiger partial charge in [-0.15, -0.1) is 0 Å². The van der Waals surface area contributed by atoms with E-state index in [1.165, 1.54) is 10.7 Å². The Kier molecular flexibility index (Phi) is 6.06. The SMILES string of the molecule is CCCCn1nc(C(=O)NNC(=O)c2cccc(Cl)c2)c2ccccc2c1=O. The summed E-state index contributed by atoms with van der Waals surface area (Å²) in [5.41, 5.74) is 4.82. The lowest BCUT2D eigenvalue weighted by molar-refractivity contribution is 0.0843. The summed E-state index contributed by atoms with van der Waals surface area (Å²) in [6.07, 6.45) is 1.65. The minimum atomic E-state index is -0.614. The first kappa shape index (κ1) is 19.6. The maximum atomic E-state index is 12.7. The number of aryl methyl sites for hydroxylation is 1. The molecule has 1 heterocycles. The molecule has 0 unspecified atom stereocenters. The molecule has 2 aromatic carbocycles.